The molecule has 3 rings (SSSR count). The van der Waals surface area contributed by atoms with Gasteiger partial charge in [0.1, 0.15) is 5.01 Å². The van der Waals surface area contributed by atoms with E-state index in [1.165, 1.54) is 33.5 Å². The van der Waals surface area contributed by atoms with E-state index in [0.29, 0.717) is 22.9 Å². The minimum absolute atomic E-state index is 0.0997. The molecule has 0 spiro atoms. The lowest BCUT2D eigenvalue weighted by Crippen LogP contribution is -2.38. The molecule has 0 saturated heterocycles. The monoisotopic (exact) mass is 429 g/mol. The van der Waals surface area contributed by atoms with Crippen molar-refractivity contribution in [3.05, 3.63) is 58.4 Å². The number of esters is 1. The van der Waals surface area contributed by atoms with E-state index in [1.807, 2.05) is 30.3 Å². The molecule has 1 N–H and O–H groups in total. The van der Waals surface area contributed by atoms with Crippen molar-refractivity contribution >= 4 is 17.3 Å². The van der Waals surface area contributed by atoms with Crippen LogP contribution in [0.4, 0.5) is 0 Å². The second kappa shape index (κ2) is 9.15. The minimum Gasteiger partial charge on any atom is -0.493 e. The van der Waals surface area contributed by atoms with Crippen molar-refractivity contribution in [3.63, 3.8) is 0 Å². The molecule has 0 aliphatic heterocycles. The number of rotatable bonds is 8. The standard InChI is InChI=1S/C22H23NO6S/c1-5-29-21(24)22(25,15-11-17(26-2)19(28-4)18(12-15)27-3)20-23-16(13-30-20)14-9-7-6-8-10-14/h6-13,25H,5H2,1-4H3. The lowest BCUT2D eigenvalue weighted by atomic mass is 9.93. The van der Waals surface area contributed by atoms with Gasteiger partial charge in [0, 0.05) is 16.5 Å². The number of nitrogens with zero attached hydrogens (tertiary/aromatic N) is 1. The van der Waals surface area contributed by atoms with Gasteiger partial charge in [-0.2, -0.15) is 0 Å². The maximum atomic E-state index is 12.9. The molecule has 0 fully saturated rings. The molecule has 158 valence electrons. The van der Waals surface area contributed by atoms with Gasteiger partial charge in [-0.3, -0.25) is 0 Å². The number of hydrogen-bond donors (Lipinski definition) is 1. The average Bonchev–Trinajstić information content (AvgIpc) is 3.29. The SMILES string of the molecule is CCOC(=O)C(O)(c1cc(OC)c(OC)c(OC)c1)c1nc(-c2ccccc2)cs1. The molecule has 7 nitrogen and oxygen atoms in total. The number of aliphatic hydroxyl groups is 1. The summed E-state index contributed by atoms with van der Waals surface area (Å²) in [6.45, 7) is 1.77. The first kappa shape index (κ1) is 21.6. The van der Waals surface area contributed by atoms with Crippen LogP contribution in [0.5, 0.6) is 17.2 Å². The van der Waals surface area contributed by atoms with Gasteiger partial charge in [-0.05, 0) is 19.1 Å². The Balaban J connectivity index is 2.19. The first-order valence-corrected chi connectivity index (χ1v) is 10.1. The average molecular weight is 429 g/mol. The van der Waals surface area contributed by atoms with Crippen molar-refractivity contribution < 1.29 is 28.8 Å². The summed E-state index contributed by atoms with van der Waals surface area (Å²) in [6.07, 6.45) is 0. The number of carbonyl (C=O) groups excluding carboxylic acids is 1. The van der Waals surface area contributed by atoms with Crippen molar-refractivity contribution in [2.45, 2.75) is 12.5 Å². The van der Waals surface area contributed by atoms with Crippen molar-refractivity contribution in [2.75, 3.05) is 27.9 Å². The molecule has 8 heteroatoms. The summed E-state index contributed by atoms with van der Waals surface area (Å²) in [5.41, 5.74) is -0.438. The fourth-order valence-corrected chi connectivity index (χ4v) is 3.97. The highest BCUT2D eigenvalue weighted by Crippen LogP contribution is 2.44. The van der Waals surface area contributed by atoms with Gasteiger partial charge < -0.3 is 24.1 Å². The summed E-state index contributed by atoms with van der Waals surface area (Å²) in [5, 5.41) is 13.6. The van der Waals surface area contributed by atoms with Crippen LogP contribution in [0.25, 0.3) is 11.3 Å². The first-order valence-electron chi connectivity index (χ1n) is 9.21. The summed E-state index contributed by atoms with van der Waals surface area (Å²) in [6, 6.07) is 12.5. The van der Waals surface area contributed by atoms with Crippen LogP contribution >= 0.6 is 11.3 Å². The molecule has 0 aliphatic carbocycles. The predicted octanol–water partition coefficient (Wildman–Crippen LogP) is 3.63. The van der Waals surface area contributed by atoms with Crippen LogP contribution in [-0.4, -0.2) is 44.0 Å². The molecule has 0 aliphatic rings. The summed E-state index contributed by atoms with van der Waals surface area (Å²) in [5.74, 6) is 0.108. The van der Waals surface area contributed by atoms with E-state index in [2.05, 4.69) is 4.98 Å². The van der Waals surface area contributed by atoms with Crippen LogP contribution in [0.15, 0.2) is 47.8 Å². The molecular formula is C22H23NO6S. The highest BCUT2D eigenvalue weighted by molar-refractivity contribution is 7.10. The molecule has 3 aromatic rings. The van der Waals surface area contributed by atoms with Crippen molar-refractivity contribution in [1.29, 1.82) is 0 Å². The quantitative estimate of drug-likeness (QED) is 0.547. The molecule has 30 heavy (non-hydrogen) atoms. The van der Waals surface area contributed by atoms with E-state index >= 15 is 0 Å². The van der Waals surface area contributed by atoms with Crippen LogP contribution in [0, 0.1) is 0 Å². The van der Waals surface area contributed by atoms with Gasteiger partial charge in [-0.1, -0.05) is 30.3 Å². The molecule has 0 bridgehead atoms. The normalized spacial score (nSPS) is 12.7. The largest absolute Gasteiger partial charge is 0.493 e. The molecule has 0 radical (unpaired) electrons. The Hall–Kier alpha value is -3.10. The van der Waals surface area contributed by atoms with E-state index in [-0.39, 0.29) is 17.2 Å². The minimum atomic E-state index is -2.15. The lowest BCUT2D eigenvalue weighted by Gasteiger charge is -2.25. The number of benzene rings is 2. The molecule has 1 heterocycles. The molecule has 2 aromatic carbocycles. The summed E-state index contributed by atoms with van der Waals surface area (Å²) in [7, 11) is 4.40. The van der Waals surface area contributed by atoms with Gasteiger partial charge in [-0.25, -0.2) is 9.78 Å². The zero-order chi connectivity index (χ0) is 21.7. The Bertz CT molecular complexity index is 994. The van der Waals surface area contributed by atoms with E-state index < -0.39 is 11.6 Å². The predicted molar refractivity (Wildman–Crippen MR) is 113 cm³/mol. The van der Waals surface area contributed by atoms with Gasteiger partial charge >= 0.3 is 5.97 Å². The topological polar surface area (TPSA) is 87.1 Å². The molecule has 0 amide bonds. The first-order chi connectivity index (χ1) is 14.5. The summed E-state index contributed by atoms with van der Waals surface area (Å²) >= 11 is 1.16. The van der Waals surface area contributed by atoms with Gasteiger partial charge in [0.05, 0.1) is 33.6 Å². The maximum absolute atomic E-state index is 12.9. The third-order valence-electron chi connectivity index (χ3n) is 4.54. The number of thiazole rings is 1. The fraction of sp³-hybridized carbons (Fsp3) is 0.273. The van der Waals surface area contributed by atoms with Crippen LogP contribution in [0.2, 0.25) is 0 Å². The lowest BCUT2D eigenvalue weighted by molar-refractivity contribution is -0.161. The molecule has 1 atom stereocenters. The Kier molecular flexibility index (Phi) is 6.59. The Morgan fingerprint density at radius 3 is 2.23 bits per heavy atom. The second-order valence-electron chi connectivity index (χ2n) is 6.25. The van der Waals surface area contributed by atoms with Gasteiger partial charge in [-0.15, -0.1) is 11.3 Å². The number of hydrogen-bond acceptors (Lipinski definition) is 8. The number of aromatic nitrogens is 1. The van der Waals surface area contributed by atoms with Crippen molar-refractivity contribution in [2.24, 2.45) is 0 Å². The van der Waals surface area contributed by atoms with Crippen molar-refractivity contribution in [3.8, 4) is 28.5 Å². The van der Waals surface area contributed by atoms with E-state index in [4.69, 9.17) is 18.9 Å². The molecule has 1 aromatic heterocycles. The Labute approximate surface area is 178 Å². The number of ether oxygens (including phenoxy) is 4. The second-order valence-corrected chi connectivity index (χ2v) is 7.11. The highest BCUT2D eigenvalue weighted by atomic mass is 32.1. The number of methoxy groups -OCH3 is 3. The Morgan fingerprint density at radius 2 is 1.70 bits per heavy atom. The van der Waals surface area contributed by atoms with Crippen LogP contribution < -0.4 is 14.2 Å². The van der Waals surface area contributed by atoms with Crippen LogP contribution in [0.3, 0.4) is 0 Å². The molecular weight excluding hydrogens is 406 g/mol. The fourth-order valence-electron chi connectivity index (χ4n) is 3.04. The third-order valence-corrected chi connectivity index (χ3v) is 5.49. The van der Waals surface area contributed by atoms with Crippen molar-refractivity contribution in [1.82, 2.24) is 4.98 Å². The van der Waals surface area contributed by atoms with Gasteiger partial charge in [0.15, 0.2) is 11.5 Å². The highest BCUT2D eigenvalue weighted by Gasteiger charge is 2.45. The Morgan fingerprint density at radius 1 is 1.07 bits per heavy atom. The molecule has 1 unspecified atom stereocenters. The van der Waals surface area contributed by atoms with Crippen LogP contribution in [-0.2, 0) is 15.1 Å². The zero-order valence-corrected chi connectivity index (χ0v) is 18.0. The number of carbonyl (C=O) groups is 1. The van der Waals surface area contributed by atoms with Gasteiger partial charge in [0.25, 0.3) is 0 Å². The van der Waals surface area contributed by atoms with Crippen LogP contribution in [0.1, 0.15) is 17.5 Å². The van der Waals surface area contributed by atoms with E-state index in [0.717, 1.165) is 16.9 Å². The van der Waals surface area contributed by atoms with E-state index in [1.54, 1.807) is 12.3 Å². The van der Waals surface area contributed by atoms with E-state index in [9.17, 15) is 9.90 Å². The summed E-state index contributed by atoms with van der Waals surface area (Å²) in [4.78, 5) is 17.5. The zero-order valence-electron chi connectivity index (χ0n) is 17.2. The third kappa shape index (κ3) is 3.83. The summed E-state index contributed by atoms with van der Waals surface area (Å²) < 4.78 is 21.3. The van der Waals surface area contributed by atoms with Gasteiger partial charge in [0.2, 0.25) is 11.4 Å². The molecule has 0 saturated carbocycles. The smallest absolute Gasteiger partial charge is 0.350 e. The maximum Gasteiger partial charge on any atom is 0.350 e.